The highest BCUT2D eigenvalue weighted by atomic mass is 16.5. The molecule has 0 saturated heterocycles. The van der Waals surface area contributed by atoms with Crippen LogP contribution in [0.1, 0.15) is 16.8 Å². The molecule has 4 heterocycles. The summed E-state index contributed by atoms with van der Waals surface area (Å²) in [6.45, 7) is 1.26. The molecule has 1 aliphatic heterocycles. The van der Waals surface area contributed by atoms with Crippen LogP contribution in [-0.2, 0) is 24.2 Å². The van der Waals surface area contributed by atoms with Gasteiger partial charge in [0, 0.05) is 25.0 Å². The predicted octanol–water partition coefficient (Wildman–Crippen LogP) is 2.70. The highest BCUT2D eigenvalue weighted by Crippen LogP contribution is 2.26. The third-order valence-corrected chi connectivity index (χ3v) is 4.77. The molecule has 140 valence electrons. The summed E-state index contributed by atoms with van der Waals surface area (Å²) in [6, 6.07) is 11.8. The number of amides is 1. The van der Waals surface area contributed by atoms with Crippen molar-refractivity contribution in [2.75, 3.05) is 11.9 Å². The summed E-state index contributed by atoms with van der Waals surface area (Å²) in [5.74, 6) is 0.864. The average Bonchev–Trinajstić information content (AvgIpc) is 3.40. The number of hydrogen-bond donors (Lipinski definition) is 1. The first-order valence-electron chi connectivity index (χ1n) is 9.22. The average molecular weight is 373 g/mol. The molecule has 0 fully saturated rings. The van der Waals surface area contributed by atoms with E-state index in [9.17, 15) is 4.79 Å². The minimum absolute atomic E-state index is 0.0638. The molecular weight excluding hydrogens is 354 g/mol. The third-order valence-electron chi connectivity index (χ3n) is 4.77. The van der Waals surface area contributed by atoms with Crippen molar-refractivity contribution >= 4 is 17.2 Å². The molecule has 4 aromatic rings. The summed E-state index contributed by atoms with van der Waals surface area (Å²) in [4.78, 5) is 16.9. The molecule has 1 aliphatic rings. The molecule has 3 aromatic heterocycles. The number of fused-ring (bicyclic) bond motifs is 2. The van der Waals surface area contributed by atoms with Gasteiger partial charge >= 0.3 is 0 Å². The largest absolute Gasteiger partial charge is 0.493 e. The molecule has 0 spiro atoms. The normalized spacial score (nSPS) is 12.7. The number of anilines is 1. The molecule has 0 radical (unpaired) electrons. The Morgan fingerprint density at radius 3 is 3.11 bits per heavy atom. The van der Waals surface area contributed by atoms with Crippen LogP contribution in [0.4, 0.5) is 5.69 Å². The van der Waals surface area contributed by atoms with Crippen LogP contribution in [0.25, 0.3) is 5.65 Å². The van der Waals surface area contributed by atoms with Gasteiger partial charge in [-0.15, -0.1) is 0 Å². The van der Waals surface area contributed by atoms with E-state index in [4.69, 9.17) is 4.74 Å². The van der Waals surface area contributed by atoms with Crippen molar-refractivity contribution in [3.63, 3.8) is 0 Å². The molecule has 1 N–H and O–H groups in total. The Bertz CT molecular complexity index is 1130. The number of pyridine rings is 1. The zero-order chi connectivity index (χ0) is 18.9. The Kier molecular flexibility index (Phi) is 4.05. The Balaban J connectivity index is 1.22. The number of aromatic nitrogens is 4. The molecule has 0 unspecified atom stereocenters. The van der Waals surface area contributed by atoms with Gasteiger partial charge in [0.2, 0.25) is 5.91 Å². The number of carbonyl (C=O) groups excluding carboxylic acids is 1. The summed E-state index contributed by atoms with van der Waals surface area (Å²) in [7, 11) is 0. The van der Waals surface area contributed by atoms with Crippen LogP contribution >= 0.6 is 0 Å². The maximum Gasteiger partial charge on any atom is 0.228 e. The zero-order valence-electron chi connectivity index (χ0n) is 15.2. The topological polar surface area (TPSA) is 73.5 Å². The molecular formula is C21H19N5O2. The van der Waals surface area contributed by atoms with E-state index < -0.39 is 0 Å². The summed E-state index contributed by atoms with van der Waals surface area (Å²) >= 11 is 0. The highest BCUT2D eigenvalue weighted by molar-refractivity contribution is 5.92. The fourth-order valence-corrected chi connectivity index (χ4v) is 3.48. The number of nitrogens with one attached hydrogen (secondary N) is 1. The number of benzene rings is 1. The second-order valence-electron chi connectivity index (χ2n) is 6.89. The van der Waals surface area contributed by atoms with E-state index in [1.807, 2.05) is 53.3 Å². The standard InChI is InChI=1S/C21H19N5O2/c27-21(10-15-4-5-19-16(9-15)6-8-28-19)24-17-11-22-26(13-17)14-18-12-25-7-2-1-3-20(25)23-18/h1-5,7,9,11-13H,6,8,10,14H2,(H,24,27). The highest BCUT2D eigenvalue weighted by Gasteiger charge is 2.14. The van der Waals surface area contributed by atoms with Gasteiger partial charge in [0.1, 0.15) is 11.4 Å². The second kappa shape index (κ2) is 6.84. The van der Waals surface area contributed by atoms with Gasteiger partial charge in [0.05, 0.1) is 37.2 Å². The van der Waals surface area contributed by atoms with Gasteiger partial charge in [-0.1, -0.05) is 18.2 Å². The van der Waals surface area contributed by atoms with Crippen LogP contribution in [0.15, 0.2) is 61.2 Å². The van der Waals surface area contributed by atoms with E-state index in [0.717, 1.165) is 35.7 Å². The molecule has 0 bridgehead atoms. The minimum Gasteiger partial charge on any atom is -0.493 e. The first-order chi connectivity index (χ1) is 13.7. The molecule has 7 nitrogen and oxygen atoms in total. The maximum atomic E-state index is 12.4. The molecule has 1 aromatic carbocycles. The Morgan fingerprint density at radius 1 is 1.21 bits per heavy atom. The van der Waals surface area contributed by atoms with Crippen LogP contribution in [0.2, 0.25) is 0 Å². The van der Waals surface area contributed by atoms with Gasteiger partial charge in [-0.2, -0.15) is 5.10 Å². The lowest BCUT2D eigenvalue weighted by Gasteiger charge is -2.05. The van der Waals surface area contributed by atoms with Gasteiger partial charge < -0.3 is 14.5 Å². The number of hydrogen-bond acceptors (Lipinski definition) is 4. The molecule has 0 aliphatic carbocycles. The lowest BCUT2D eigenvalue weighted by atomic mass is 10.1. The number of imidazole rings is 1. The van der Waals surface area contributed by atoms with Gasteiger partial charge in [-0.3, -0.25) is 9.48 Å². The Morgan fingerprint density at radius 2 is 2.18 bits per heavy atom. The van der Waals surface area contributed by atoms with Crippen molar-refractivity contribution in [2.24, 2.45) is 0 Å². The van der Waals surface area contributed by atoms with Crippen molar-refractivity contribution in [1.82, 2.24) is 19.2 Å². The fraction of sp³-hybridized carbons (Fsp3) is 0.190. The molecule has 28 heavy (non-hydrogen) atoms. The molecule has 5 rings (SSSR count). The van der Waals surface area contributed by atoms with Crippen molar-refractivity contribution in [3.05, 3.63) is 78.0 Å². The van der Waals surface area contributed by atoms with Crippen molar-refractivity contribution in [1.29, 1.82) is 0 Å². The van der Waals surface area contributed by atoms with Crippen LogP contribution in [0.5, 0.6) is 5.75 Å². The summed E-state index contributed by atoms with van der Waals surface area (Å²) in [5.41, 5.74) is 4.65. The van der Waals surface area contributed by atoms with Crippen LogP contribution in [0.3, 0.4) is 0 Å². The third kappa shape index (κ3) is 3.34. The van der Waals surface area contributed by atoms with Gasteiger partial charge in [-0.25, -0.2) is 4.98 Å². The zero-order valence-corrected chi connectivity index (χ0v) is 15.2. The van der Waals surface area contributed by atoms with Crippen molar-refractivity contribution in [2.45, 2.75) is 19.4 Å². The van der Waals surface area contributed by atoms with Gasteiger partial charge in [0.25, 0.3) is 0 Å². The molecule has 1 amide bonds. The van der Waals surface area contributed by atoms with Crippen LogP contribution < -0.4 is 10.1 Å². The second-order valence-corrected chi connectivity index (χ2v) is 6.89. The molecule has 0 saturated carbocycles. The fourth-order valence-electron chi connectivity index (χ4n) is 3.48. The SMILES string of the molecule is O=C(Cc1ccc2c(c1)CCO2)Nc1cnn(Cc2cn3ccccc3n2)c1. The summed E-state index contributed by atoms with van der Waals surface area (Å²) in [6.07, 6.45) is 8.65. The van der Waals surface area contributed by atoms with Crippen molar-refractivity contribution in [3.8, 4) is 5.75 Å². The maximum absolute atomic E-state index is 12.4. The first kappa shape index (κ1) is 16.6. The van der Waals surface area contributed by atoms with E-state index >= 15 is 0 Å². The number of nitrogens with zero attached hydrogens (tertiary/aromatic N) is 4. The monoisotopic (exact) mass is 373 g/mol. The van der Waals surface area contributed by atoms with E-state index in [2.05, 4.69) is 21.5 Å². The number of ether oxygens (including phenoxy) is 1. The van der Waals surface area contributed by atoms with E-state index in [1.165, 1.54) is 5.56 Å². The Hall–Kier alpha value is -3.61. The van der Waals surface area contributed by atoms with Crippen LogP contribution in [-0.4, -0.2) is 31.7 Å². The quantitative estimate of drug-likeness (QED) is 0.584. The summed E-state index contributed by atoms with van der Waals surface area (Å²) < 4.78 is 9.25. The van der Waals surface area contributed by atoms with Crippen molar-refractivity contribution < 1.29 is 9.53 Å². The lowest BCUT2D eigenvalue weighted by molar-refractivity contribution is -0.115. The van der Waals surface area contributed by atoms with E-state index in [-0.39, 0.29) is 5.91 Å². The van der Waals surface area contributed by atoms with Gasteiger partial charge in [-0.05, 0) is 29.3 Å². The van der Waals surface area contributed by atoms with E-state index in [1.54, 1.807) is 10.9 Å². The van der Waals surface area contributed by atoms with E-state index in [0.29, 0.717) is 18.7 Å². The van der Waals surface area contributed by atoms with Gasteiger partial charge in [0.15, 0.2) is 0 Å². The summed E-state index contributed by atoms with van der Waals surface area (Å²) in [5, 5.41) is 7.24. The smallest absolute Gasteiger partial charge is 0.228 e. The number of rotatable bonds is 5. The Labute approximate surface area is 161 Å². The lowest BCUT2D eigenvalue weighted by Crippen LogP contribution is -2.14. The molecule has 0 atom stereocenters. The molecule has 7 heteroatoms. The van der Waals surface area contributed by atoms with Crippen LogP contribution in [0, 0.1) is 0 Å². The predicted molar refractivity (Wildman–Crippen MR) is 104 cm³/mol. The minimum atomic E-state index is -0.0638. The first-order valence-corrected chi connectivity index (χ1v) is 9.22. The number of carbonyl (C=O) groups is 1.